The van der Waals surface area contributed by atoms with E-state index in [1.165, 1.54) is 6.07 Å². The second kappa shape index (κ2) is 3.26. The van der Waals surface area contributed by atoms with Gasteiger partial charge in [-0.2, -0.15) is 13.2 Å². The smallest absolute Gasteiger partial charge is 0.397 e. The Morgan fingerprint density at radius 2 is 2.00 bits per heavy atom. The summed E-state index contributed by atoms with van der Waals surface area (Å²) in [5.74, 6) is 0.224. The van der Waals surface area contributed by atoms with Crippen LogP contribution in [0.1, 0.15) is 18.5 Å². The van der Waals surface area contributed by atoms with Crippen LogP contribution in [0.4, 0.5) is 24.7 Å². The molecule has 0 saturated heterocycles. The molecule has 3 nitrogen and oxygen atoms in total. The fraction of sp³-hybridized carbons (Fsp3) is 0.500. The topological polar surface area (TPSA) is 50.9 Å². The maximum Gasteiger partial charge on any atom is 0.411 e. The van der Waals surface area contributed by atoms with Gasteiger partial charge in [-0.1, -0.05) is 0 Å². The normalized spacial score (nSPS) is 18.2. The predicted octanol–water partition coefficient (Wildman–Crippen LogP) is 2.48. The number of halogens is 3. The van der Waals surface area contributed by atoms with Crippen LogP contribution in [0.2, 0.25) is 0 Å². The number of hydrogen-bond donors (Lipinski definition) is 2. The molecule has 0 radical (unpaired) electrons. The average Bonchev–Trinajstić information content (AvgIpc) is 2.91. The molecule has 1 saturated carbocycles. The summed E-state index contributed by atoms with van der Waals surface area (Å²) in [6, 6.07) is 3.02. The van der Waals surface area contributed by atoms with E-state index in [2.05, 4.69) is 10.3 Å². The number of pyridine rings is 1. The molecule has 6 heteroatoms. The van der Waals surface area contributed by atoms with Gasteiger partial charge in [0, 0.05) is 0 Å². The van der Waals surface area contributed by atoms with E-state index in [0.29, 0.717) is 11.4 Å². The van der Waals surface area contributed by atoms with Gasteiger partial charge >= 0.3 is 6.18 Å². The van der Waals surface area contributed by atoms with Crippen molar-refractivity contribution in [3.05, 3.63) is 17.8 Å². The van der Waals surface area contributed by atoms with Gasteiger partial charge in [-0.15, -0.1) is 0 Å². The van der Waals surface area contributed by atoms with Gasteiger partial charge in [0.05, 0.1) is 11.4 Å². The number of aromatic nitrogens is 1. The number of nitrogens with two attached hydrogens (primary N) is 1. The van der Waals surface area contributed by atoms with Crippen LogP contribution in [0.3, 0.4) is 0 Å². The van der Waals surface area contributed by atoms with Crippen molar-refractivity contribution in [3.63, 3.8) is 0 Å². The van der Waals surface area contributed by atoms with Gasteiger partial charge in [0.1, 0.15) is 11.4 Å². The van der Waals surface area contributed by atoms with E-state index >= 15 is 0 Å². The fourth-order valence-electron chi connectivity index (χ4n) is 1.49. The number of hydrogen-bond acceptors (Lipinski definition) is 3. The van der Waals surface area contributed by atoms with E-state index in [4.69, 9.17) is 5.73 Å². The molecule has 2 rings (SSSR count). The third-order valence-corrected chi connectivity index (χ3v) is 2.79. The minimum absolute atomic E-state index is 0.0988. The van der Waals surface area contributed by atoms with Crippen molar-refractivity contribution in [2.75, 3.05) is 11.1 Å². The zero-order valence-electron chi connectivity index (χ0n) is 8.73. The molecule has 16 heavy (non-hydrogen) atoms. The molecule has 1 heterocycles. The number of nitrogen functional groups attached to an aromatic ring is 1. The van der Waals surface area contributed by atoms with E-state index in [0.717, 1.165) is 0 Å². The molecule has 0 bridgehead atoms. The van der Waals surface area contributed by atoms with Gasteiger partial charge in [0.25, 0.3) is 0 Å². The van der Waals surface area contributed by atoms with Crippen LogP contribution in [-0.4, -0.2) is 16.7 Å². The Balaban J connectivity index is 2.19. The molecule has 0 unspecified atom stereocenters. The molecule has 0 aliphatic heterocycles. The molecule has 3 N–H and O–H groups in total. The van der Waals surface area contributed by atoms with Crippen LogP contribution in [0.5, 0.6) is 0 Å². The summed E-state index contributed by atoms with van der Waals surface area (Å²) >= 11 is 0. The average molecular weight is 231 g/mol. The highest BCUT2D eigenvalue weighted by molar-refractivity contribution is 5.51. The minimum Gasteiger partial charge on any atom is -0.397 e. The summed E-state index contributed by atoms with van der Waals surface area (Å²) in [6.45, 7) is 1.66. The molecular formula is C10H12F3N3. The number of aryl methyl sites for hydroxylation is 1. The highest BCUT2D eigenvalue weighted by Crippen LogP contribution is 2.50. The molecule has 88 valence electrons. The second-order valence-electron chi connectivity index (χ2n) is 4.08. The second-order valence-corrected chi connectivity index (χ2v) is 4.08. The molecule has 1 aliphatic rings. The number of alkyl halides is 3. The van der Waals surface area contributed by atoms with Gasteiger partial charge in [0.2, 0.25) is 0 Å². The van der Waals surface area contributed by atoms with Gasteiger partial charge < -0.3 is 11.1 Å². The first-order valence-electron chi connectivity index (χ1n) is 4.92. The van der Waals surface area contributed by atoms with E-state index in [1.54, 1.807) is 13.0 Å². The summed E-state index contributed by atoms with van der Waals surface area (Å²) in [7, 11) is 0. The first-order chi connectivity index (χ1) is 7.34. The summed E-state index contributed by atoms with van der Waals surface area (Å²) in [5.41, 5.74) is 4.77. The standard InChI is InChI=1S/C10H12F3N3/c1-6-7(14)2-3-8(15-6)16-9(4-5-9)10(11,12)13/h2-3H,4-5,14H2,1H3,(H,15,16). The first-order valence-corrected chi connectivity index (χ1v) is 4.92. The number of rotatable bonds is 2. The van der Waals surface area contributed by atoms with E-state index in [9.17, 15) is 13.2 Å². The Hall–Kier alpha value is -1.46. The summed E-state index contributed by atoms with van der Waals surface area (Å²) < 4.78 is 37.9. The lowest BCUT2D eigenvalue weighted by molar-refractivity contribution is -0.151. The Labute approximate surface area is 90.9 Å². The zero-order chi connectivity index (χ0) is 12.0. The highest BCUT2D eigenvalue weighted by Gasteiger charge is 2.63. The van der Waals surface area contributed by atoms with E-state index in [1.807, 2.05) is 0 Å². The molecule has 0 spiro atoms. The molecule has 0 aromatic carbocycles. The van der Waals surface area contributed by atoms with E-state index < -0.39 is 11.7 Å². The van der Waals surface area contributed by atoms with Crippen molar-refractivity contribution >= 4 is 11.5 Å². The molecule has 1 aromatic heterocycles. The quantitative estimate of drug-likeness (QED) is 0.822. The predicted molar refractivity (Wildman–Crippen MR) is 55.0 cm³/mol. The minimum atomic E-state index is -4.23. The Morgan fingerprint density at radius 1 is 1.38 bits per heavy atom. The number of anilines is 2. The molecule has 0 atom stereocenters. The third-order valence-electron chi connectivity index (χ3n) is 2.79. The van der Waals surface area contributed by atoms with Crippen LogP contribution in [0.15, 0.2) is 12.1 Å². The SMILES string of the molecule is Cc1nc(NC2(C(F)(F)F)CC2)ccc1N. The van der Waals surface area contributed by atoms with Crippen LogP contribution >= 0.6 is 0 Å². The van der Waals surface area contributed by atoms with Crippen molar-refractivity contribution in [3.8, 4) is 0 Å². The fourth-order valence-corrected chi connectivity index (χ4v) is 1.49. The maximum absolute atomic E-state index is 12.6. The Kier molecular flexibility index (Phi) is 2.25. The molecule has 0 amide bonds. The summed E-state index contributed by atoms with van der Waals surface area (Å²) in [6.07, 6.45) is -4.03. The molecule has 1 fully saturated rings. The van der Waals surface area contributed by atoms with Gasteiger partial charge in [-0.05, 0) is 31.9 Å². The summed E-state index contributed by atoms with van der Waals surface area (Å²) in [5, 5.41) is 2.45. The van der Waals surface area contributed by atoms with Gasteiger partial charge in [-0.3, -0.25) is 0 Å². The van der Waals surface area contributed by atoms with Crippen molar-refractivity contribution in [1.82, 2.24) is 4.98 Å². The van der Waals surface area contributed by atoms with E-state index in [-0.39, 0.29) is 18.7 Å². The third kappa shape index (κ3) is 1.79. The van der Waals surface area contributed by atoms with Crippen LogP contribution < -0.4 is 11.1 Å². The summed E-state index contributed by atoms with van der Waals surface area (Å²) in [4.78, 5) is 3.98. The first kappa shape index (κ1) is 11.0. The highest BCUT2D eigenvalue weighted by atomic mass is 19.4. The Bertz CT molecular complexity index is 410. The molecular weight excluding hydrogens is 219 g/mol. The van der Waals surface area contributed by atoms with Crippen molar-refractivity contribution < 1.29 is 13.2 Å². The molecule has 1 aromatic rings. The maximum atomic E-state index is 12.6. The lowest BCUT2D eigenvalue weighted by atomic mass is 10.2. The lowest BCUT2D eigenvalue weighted by Gasteiger charge is -2.21. The Morgan fingerprint density at radius 3 is 2.44 bits per heavy atom. The van der Waals surface area contributed by atoms with Crippen molar-refractivity contribution in [1.29, 1.82) is 0 Å². The van der Waals surface area contributed by atoms with Gasteiger partial charge in [0.15, 0.2) is 0 Å². The largest absolute Gasteiger partial charge is 0.411 e. The van der Waals surface area contributed by atoms with Gasteiger partial charge in [-0.25, -0.2) is 4.98 Å². The van der Waals surface area contributed by atoms with Crippen LogP contribution in [0, 0.1) is 6.92 Å². The van der Waals surface area contributed by atoms with Crippen LogP contribution in [-0.2, 0) is 0 Å². The number of nitrogens with zero attached hydrogens (tertiary/aromatic N) is 1. The lowest BCUT2D eigenvalue weighted by Crippen LogP contribution is -2.38. The van der Waals surface area contributed by atoms with Crippen LogP contribution in [0.25, 0.3) is 0 Å². The molecule has 1 aliphatic carbocycles. The number of nitrogens with one attached hydrogen (secondary N) is 1. The van der Waals surface area contributed by atoms with Crippen molar-refractivity contribution in [2.24, 2.45) is 0 Å². The van der Waals surface area contributed by atoms with Crippen molar-refractivity contribution in [2.45, 2.75) is 31.5 Å². The monoisotopic (exact) mass is 231 g/mol. The zero-order valence-corrected chi connectivity index (χ0v) is 8.73.